The van der Waals surface area contributed by atoms with Crippen molar-refractivity contribution in [3.05, 3.63) is 0 Å². The summed E-state index contributed by atoms with van der Waals surface area (Å²) in [5, 5.41) is 6.37. The average Bonchev–Trinajstić information content (AvgIpc) is 2.17. The van der Waals surface area contributed by atoms with E-state index >= 15 is 0 Å². The van der Waals surface area contributed by atoms with Crippen molar-refractivity contribution in [1.29, 1.82) is 0 Å². The summed E-state index contributed by atoms with van der Waals surface area (Å²) in [6.07, 6.45) is 4.37. The molecule has 1 aliphatic rings. The van der Waals surface area contributed by atoms with E-state index in [1.54, 1.807) is 11.8 Å². The molecule has 1 fully saturated rings. The lowest BCUT2D eigenvalue weighted by Crippen LogP contribution is -2.46. The van der Waals surface area contributed by atoms with Gasteiger partial charge in [-0.15, -0.1) is 12.4 Å². The van der Waals surface area contributed by atoms with Crippen LogP contribution in [0.25, 0.3) is 0 Å². The molecule has 15 heavy (non-hydrogen) atoms. The molecule has 0 aromatic heterocycles. The van der Waals surface area contributed by atoms with Crippen molar-refractivity contribution in [3.63, 3.8) is 0 Å². The molecule has 3 nitrogen and oxygen atoms in total. The van der Waals surface area contributed by atoms with E-state index in [1.165, 1.54) is 12.8 Å². The molecule has 1 atom stereocenters. The fourth-order valence-corrected chi connectivity index (χ4v) is 2.13. The maximum Gasteiger partial charge on any atom is 0.230 e. The van der Waals surface area contributed by atoms with Gasteiger partial charge >= 0.3 is 0 Å². The molecule has 0 bridgehead atoms. The van der Waals surface area contributed by atoms with Gasteiger partial charge in [0.05, 0.1) is 5.75 Å². The first kappa shape index (κ1) is 15.1. The number of halogens is 1. The fraction of sp³-hybridized carbons (Fsp3) is 0.900. The van der Waals surface area contributed by atoms with E-state index < -0.39 is 0 Å². The molecule has 0 saturated carbocycles. The van der Waals surface area contributed by atoms with Crippen LogP contribution in [0.2, 0.25) is 0 Å². The van der Waals surface area contributed by atoms with Gasteiger partial charge in [0.25, 0.3) is 0 Å². The third-order valence-corrected chi connectivity index (χ3v) is 3.22. The number of hydrogen-bond donors (Lipinski definition) is 2. The first-order chi connectivity index (χ1) is 6.66. The molecule has 90 valence electrons. The highest BCUT2D eigenvalue weighted by atomic mass is 35.5. The lowest BCUT2D eigenvalue weighted by atomic mass is 9.83. The summed E-state index contributed by atoms with van der Waals surface area (Å²) >= 11 is 1.57. The number of hydrogen-bond acceptors (Lipinski definition) is 3. The van der Waals surface area contributed by atoms with E-state index in [0.29, 0.717) is 5.75 Å². The van der Waals surface area contributed by atoms with Crippen molar-refractivity contribution in [1.82, 2.24) is 10.6 Å². The number of carbonyl (C=O) groups excluding carboxylic acids is 1. The first-order valence-corrected chi connectivity index (χ1v) is 6.52. The highest BCUT2D eigenvalue weighted by molar-refractivity contribution is 7.99. The van der Waals surface area contributed by atoms with Gasteiger partial charge in [-0.3, -0.25) is 4.79 Å². The summed E-state index contributed by atoms with van der Waals surface area (Å²) in [6, 6.07) is 0. The molecular formula is C10H21ClN2OS. The van der Waals surface area contributed by atoms with Gasteiger partial charge < -0.3 is 10.6 Å². The second kappa shape index (κ2) is 7.36. The Hall–Kier alpha value is 0.0700. The van der Waals surface area contributed by atoms with E-state index in [2.05, 4.69) is 17.6 Å². The molecule has 1 heterocycles. The maximum absolute atomic E-state index is 11.3. The number of carbonyl (C=O) groups is 1. The minimum atomic E-state index is 0. The van der Waals surface area contributed by atoms with E-state index in [1.807, 2.05) is 6.26 Å². The van der Waals surface area contributed by atoms with Crippen molar-refractivity contribution in [2.75, 3.05) is 31.6 Å². The third kappa shape index (κ3) is 5.64. The second-order valence-electron chi connectivity index (χ2n) is 4.30. The molecule has 0 radical (unpaired) electrons. The van der Waals surface area contributed by atoms with Crippen LogP contribution in [0.5, 0.6) is 0 Å². The minimum Gasteiger partial charge on any atom is -0.355 e. The highest BCUT2D eigenvalue weighted by Gasteiger charge is 2.26. The van der Waals surface area contributed by atoms with Crippen molar-refractivity contribution in [2.45, 2.75) is 19.8 Å². The Morgan fingerprint density at radius 3 is 2.87 bits per heavy atom. The quantitative estimate of drug-likeness (QED) is 0.792. The van der Waals surface area contributed by atoms with Crippen LogP contribution in [0.4, 0.5) is 0 Å². The van der Waals surface area contributed by atoms with Crippen molar-refractivity contribution in [3.8, 4) is 0 Å². The topological polar surface area (TPSA) is 41.1 Å². The number of thioether (sulfide) groups is 1. The summed E-state index contributed by atoms with van der Waals surface area (Å²) in [7, 11) is 0. The first-order valence-electron chi connectivity index (χ1n) is 5.13. The second-order valence-corrected chi connectivity index (χ2v) is 5.17. The third-order valence-electron chi connectivity index (χ3n) is 2.67. The Balaban J connectivity index is 0.00000196. The molecule has 5 heteroatoms. The normalized spacial score (nSPS) is 25.5. The van der Waals surface area contributed by atoms with E-state index in [4.69, 9.17) is 0 Å². The van der Waals surface area contributed by atoms with Gasteiger partial charge in [0.1, 0.15) is 0 Å². The van der Waals surface area contributed by atoms with Gasteiger partial charge in [-0.1, -0.05) is 6.92 Å². The summed E-state index contributed by atoms with van der Waals surface area (Å²) in [4.78, 5) is 11.3. The Morgan fingerprint density at radius 1 is 1.60 bits per heavy atom. The summed E-state index contributed by atoms with van der Waals surface area (Å²) in [5.74, 6) is 0.730. The zero-order valence-corrected chi connectivity index (χ0v) is 11.1. The van der Waals surface area contributed by atoms with Crippen molar-refractivity contribution in [2.24, 2.45) is 5.41 Å². The standard InChI is InChI=1S/C10H20N2OS.ClH/c1-10(4-3-5-11-7-10)8-12-9(13)6-14-2;/h11H,3-8H2,1-2H3,(H,12,13);1H. The van der Waals surface area contributed by atoms with Gasteiger partial charge in [-0.05, 0) is 31.1 Å². The van der Waals surface area contributed by atoms with E-state index in [-0.39, 0.29) is 23.7 Å². The lowest BCUT2D eigenvalue weighted by molar-refractivity contribution is -0.119. The molecule has 1 rings (SSSR count). The SMILES string of the molecule is CSCC(=O)NCC1(C)CCCNC1.Cl. The molecule has 0 aliphatic carbocycles. The molecule has 0 aromatic carbocycles. The largest absolute Gasteiger partial charge is 0.355 e. The predicted octanol–water partition coefficient (Wildman–Crippen LogP) is 1.28. The Labute approximate surface area is 103 Å². The van der Waals surface area contributed by atoms with E-state index in [0.717, 1.165) is 19.6 Å². The number of rotatable bonds is 4. The Morgan fingerprint density at radius 2 is 2.33 bits per heavy atom. The fourth-order valence-electron chi connectivity index (χ4n) is 1.76. The van der Waals surface area contributed by atoms with Crippen LogP contribution in [0, 0.1) is 5.41 Å². The summed E-state index contributed by atoms with van der Waals surface area (Å²) in [5.41, 5.74) is 0.256. The van der Waals surface area contributed by atoms with Gasteiger partial charge in [0.15, 0.2) is 0 Å². The van der Waals surface area contributed by atoms with Crippen molar-refractivity contribution >= 4 is 30.1 Å². The molecule has 0 aromatic rings. The van der Waals surface area contributed by atoms with Crippen LogP contribution >= 0.6 is 24.2 Å². The average molecular weight is 253 g/mol. The monoisotopic (exact) mass is 252 g/mol. The number of amides is 1. The lowest BCUT2D eigenvalue weighted by Gasteiger charge is -2.34. The molecule has 2 N–H and O–H groups in total. The zero-order chi connectivity index (χ0) is 10.4. The van der Waals surface area contributed by atoms with Crippen LogP contribution in [-0.4, -0.2) is 37.6 Å². The Kier molecular flexibility index (Phi) is 7.40. The molecule has 1 unspecified atom stereocenters. The van der Waals surface area contributed by atoms with Crippen LogP contribution in [0.15, 0.2) is 0 Å². The van der Waals surface area contributed by atoms with Crippen molar-refractivity contribution < 1.29 is 4.79 Å². The van der Waals surface area contributed by atoms with Crippen LogP contribution in [0.1, 0.15) is 19.8 Å². The summed E-state index contributed by atoms with van der Waals surface area (Å²) < 4.78 is 0. The molecule has 1 saturated heterocycles. The maximum atomic E-state index is 11.3. The minimum absolute atomic E-state index is 0. The molecule has 0 spiro atoms. The number of nitrogens with one attached hydrogen (secondary N) is 2. The zero-order valence-electron chi connectivity index (χ0n) is 9.47. The molecular weight excluding hydrogens is 232 g/mol. The molecule has 1 amide bonds. The molecule has 1 aliphatic heterocycles. The van der Waals surface area contributed by atoms with Crippen LogP contribution in [0.3, 0.4) is 0 Å². The van der Waals surface area contributed by atoms with Gasteiger partial charge in [-0.25, -0.2) is 0 Å². The van der Waals surface area contributed by atoms with Crippen LogP contribution < -0.4 is 10.6 Å². The van der Waals surface area contributed by atoms with Gasteiger partial charge in [0.2, 0.25) is 5.91 Å². The summed E-state index contributed by atoms with van der Waals surface area (Å²) in [6.45, 7) is 5.18. The predicted molar refractivity (Wildman–Crippen MR) is 68.9 cm³/mol. The highest BCUT2D eigenvalue weighted by Crippen LogP contribution is 2.23. The van der Waals surface area contributed by atoms with Gasteiger partial charge in [-0.2, -0.15) is 11.8 Å². The van der Waals surface area contributed by atoms with Gasteiger partial charge in [0, 0.05) is 13.1 Å². The van der Waals surface area contributed by atoms with E-state index in [9.17, 15) is 4.79 Å². The number of piperidine rings is 1. The van der Waals surface area contributed by atoms with Crippen LogP contribution in [-0.2, 0) is 4.79 Å². The smallest absolute Gasteiger partial charge is 0.230 e. The Bertz CT molecular complexity index is 196.